The molecule has 0 aromatic carbocycles. The van der Waals surface area contributed by atoms with Crippen molar-refractivity contribution >= 4 is 0 Å². The van der Waals surface area contributed by atoms with Crippen LogP contribution in [0.2, 0.25) is 0 Å². The maximum Gasteiger partial charge on any atom is 0.134 e. The third-order valence-electron chi connectivity index (χ3n) is 4.59. The first-order valence-electron chi connectivity index (χ1n) is 9.94. The normalized spacial score (nSPS) is 11.3. The van der Waals surface area contributed by atoms with E-state index >= 15 is 0 Å². The molecule has 0 saturated heterocycles. The van der Waals surface area contributed by atoms with Crippen LogP contribution in [0.5, 0.6) is 0 Å². The van der Waals surface area contributed by atoms with Crippen LogP contribution in [0, 0.1) is 0 Å². The minimum atomic E-state index is 0.517. The van der Waals surface area contributed by atoms with Crippen molar-refractivity contribution in [3.05, 3.63) is 11.6 Å². The SMILES string of the molecule is CCCCCCCCc1nnc(CCCCCCCC)n1CN. The Morgan fingerprint density at radius 2 is 1.04 bits per heavy atom. The van der Waals surface area contributed by atoms with Gasteiger partial charge in [-0.05, 0) is 12.8 Å². The lowest BCUT2D eigenvalue weighted by Gasteiger charge is -2.07. The maximum absolute atomic E-state index is 5.92. The summed E-state index contributed by atoms with van der Waals surface area (Å²) in [5.41, 5.74) is 5.92. The molecule has 4 heteroatoms. The number of hydrogen-bond acceptors (Lipinski definition) is 3. The maximum atomic E-state index is 5.92. The summed E-state index contributed by atoms with van der Waals surface area (Å²) < 4.78 is 2.14. The third-order valence-corrected chi connectivity index (χ3v) is 4.59. The fourth-order valence-electron chi connectivity index (χ4n) is 3.08. The molecular formula is C19H38N4. The van der Waals surface area contributed by atoms with E-state index in [0.717, 1.165) is 24.5 Å². The van der Waals surface area contributed by atoms with Gasteiger partial charge >= 0.3 is 0 Å². The zero-order chi connectivity index (χ0) is 16.8. The molecule has 0 unspecified atom stereocenters. The summed E-state index contributed by atoms with van der Waals surface area (Å²) in [7, 11) is 0. The number of unbranched alkanes of at least 4 members (excludes halogenated alkanes) is 10. The van der Waals surface area contributed by atoms with Crippen molar-refractivity contribution in [1.82, 2.24) is 14.8 Å². The van der Waals surface area contributed by atoms with Crippen molar-refractivity contribution in [2.75, 3.05) is 0 Å². The lowest BCUT2D eigenvalue weighted by atomic mass is 10.1. The molecule has 0 atom stereocenters. The van der Waals surface area contributed by atoms with E-state index in [9.17, 15) is 0 Å². The molecule has 2 N–H and O–H groups in total. The van der Waals surface area contributed by atoms with Crippen LogP contribution in [0.1, 0.15) is 103 Å². The molecule has 1 aromatic rings. The Morgan fingerprint density at radius 1 is 0.652 bits per heavy atom. The Morgan fingerprint density at radius 3 is 1.43 bits per heavy atom. The van der Waals surface area contributed by atoms with Gasteiger partial charge in [-0.15, -0.1) is 10.2 Å². The smallest absolute Gasteiger partial charge is 0.134 e. The number of aromatic nitrogens is 3. The topological polar surface area (TPSA) is 56.7 Å². The summed E-state index contributed by atoms with van der Waals surface area (Å²) in [6.07, 6.45) is 17.8. The predicted octanol–water partition coefficient (Wildman–Crippen LogP) is 5.00. The standard InChI is InChI=1S/C19H38N4/c1-3-5-7-9-11-13-15-18-21-22-19(23(18)17-20)16-14-12-10-8-6-4-2/h3-17,20H2,1-2H3. The third kappa shape index (κ3) is 8.50. The number of nitrogens with two attached hydrogens (primary N) is 1. The molecule has 134 valence electrons. The largest absolute Gasteiger partial charge is 0.314 e. The molecule has 0 aliphatic rings. The second kappa shape index (κ2) is 13.5. The van der Waals surface area contributed by atoms with E-state index in [0.29, 0.717) is 6.67 Å². The quantitative estimate of drug-likeness (QED) is 0.462. The van der Waals surface area contributed by atoms with Crippen molar-refractivity contribution in [2.45, 2.75) is 110 Å². The number of rotatable bonds is 15. The highest BCUT2D eigenvalue weighted by Crippen LogP contribution is 2.12. The first kappa shape index (κ1) is 20.1. The van der Waals surface area contributed by atoms with Gasteiger partial charge in [-0.2, -0.15) is 0 Å². The van der Waals surface area contributed by atoms with Gasteiger partial charge in [-0.3, -0.25) is 0 Å². The minimum absolute atomic E-state index is 0.517. The summed E-state index contributed by atoms with van der Waals surface area (Å²) in [5, 5.41) is 8.76. The van der Waals surface area contributed by atoms with Gasteiger partial charge < -0.3 is 10.3 Å². The minimum Gasteiger partial charge on any atom is -0.314 e. The molecule has 0 spiro atoms. The summed E-state index contributed by atoms with van der Waals surface area (Å²) in [4.78, 5) is 0. The Hall–Kier alpha value is -0.900. The molecule has 0 fully saturated rings. The highest BCUT2D eigenvalue weighted by Gasteiger charge is 2.10. The lowest BCUT2D eigenvalue weighted by Crippen LogP contribution is -2.14. The zero-order valence-corrected chi connectivity index (χ0v) is 15.5. The molecule has 1 heterocycles. The lowest BCUT2D eigenvalue weighted by molar-refractivity contribution is 0.565. The van der Waals surface area contributed by atoms with Crippen LogP contribution in [0.15, 0.2) is 0 Å². The van der Waals surface area contributed by atoms with Gasteiger partial charge in [0.15, 0.2) is 0 Å². The Bertz CT molecular complexity index is 353. The van der Waals surface area contributed by atoms with Gasteiger partial charge in [0.1, 0.15) is 11.6 Å². The first-order chi connectivity index (χ1) is 11.3. The fourth-order valence-corrected chi connectivity index (χ4v) is 3.08. The number of nitrogens with zero attached hydrogens (tertiary/aromatic N) is 3. The highest BCUT2D eigenvalue weighted by atomic mass is 15.3. The van der Waals surface area contributed by atoms with Crippen molar-refractivity contribution in [2.24, 2.45) is 5.73 Å². The van der Waals surface area contributed by atoms with E-state index in [1.54, 1.807) is 0 Å². The summed E-state index contributed by atoms with van der Waals surface area (Å²) in [5.74, 6) is 2.17. The van der Waals surface area contributed by atoms with Crippen molar-refractivity contribution in [3.63, 3.8) is 0 Å². The predicted molar refractivity (Wildman–Crippen MR) is 98.4 cm³/mol. The fraction of sp³-hybridized carbons (Fsp3) is 0.895. The van der Waals surface area contributed by atoms with E-state index in [1.165, 1.54) is 77.0 Å². The average Bonchev–Trinajstić information content (AvgIpc) is 2.96. The van der Waals surface area contributed by atoms with E-state index < -0.39 is 0 Å². The Kier molecular flexibility index (Phi) is 11.9. The molecule has 23 heavy (non-hydrogen) atoms. The molecule has 1 rings (SSSR count). The molecule has 0 radical (unpaired) electrons. The molecule has 1 aromatic heterocycles. The number of hydrogen-bond donors (Lipinski definition) is 1. The van der Waals surface area contributed by atoms with Crippen LogP contribution >= 0.6 is 0 Å². The van der Waals surface area contributed by atoms with Gasteiger partial charge in [0.2, 0.25) is 0 Å². The average molecular weight is 323 g/mol. The molecule has 0 saturated carbocycles. The second-order valence-corrected chi connectivity index (χ2v) is 6.68. The van der Waals surface area contributed by atoms with Crippen LogP contribution in [0.25, 0.3) is 0 Å². The van der Waals surface area contributed by atoms with Gasteiger partial charge in [0.05, 0.1) is 6.67 Å². The monoisotopic (exact) mass is 322 g/mol. The van der Waals surface area contributed by atoms with Gasteiger partial charge in [-0.1, -0.05) is 78.1 Å². The van der Waals surface area contributed by atoms with Crippen LogP contribution < -0.4 is 5.73 Å². The van der Waals surface area contributed by atoms with E-state index in [4.69, 9.17) is 5.73 Å². The second-order valence-electron chi connectivity index (χ2n) is 6.68. The molecule has 0 aliphatic heterocycles. The molecular weight excluding hydrogens is 284 g/mol. The van der Waals surface area contributed by atoms with Crippen LogP contribution in [-0.2, 0) is 19.5 Å². The number of aryl methyl sites for hydroxylation is 2. The molecule has 0 bridgehead atoms. The first-order valence-corrected chi connectivity index (χ1v) is 9.94. The van der Waals surface area contributed by atoms with Gasteiger partial charge in [0.25, 0.3) is 0 Å². The van der Waals surface area contributed by atoms with Crippen molar-refractivity contribution in [1.29, 1.82) is 0 Å². The molecule has 0 amide bonds. The van der Waals surface area contributed by atoms with E-state index in [1.807, 2.05) is 0 Å². The Labute approximate surface area is 143 Å². The van der Waals surface area contributed by atoms with E-state index in [-0.39, 0.29) is 0 Å². The van der Waals surface area contributed by atoms with Crippen LogP contribution in [0.4, 0.5) is 0 Å². The van der Waals surface area contributed by atoms with E-state index in [2.05, 4.69) is 28.6 Å². The molecule has 4 nitrogen and oxygen atoms in total. The van der Waals surface area contributed by atoms with Gasteiger partial charge in [0, 0.05) is 12.8 Å². The molecule has 0 aliphatic carbocycles. The van der Waals surface area contributed by atoms with Crippen LogP contribution in [-0.4, -0.2) is 14.8 Å². The zero-order valence-electron chi connectivity index (χ0n) is 15.5. The summed E-state index contributed by atoms with van der Waals surface area (Å²) >= 11 is 0. The van der Waals surface area contributed by atoms with Crippen molar-refractivity contribution in [3.8, 4) is 0 Å². The highest BCUT2D eigenvalue weighted by molar-refractivity contribution is 4.96. The Balaban J connectivity index is 2.26. The van der Waals surface area contributed by atoms with Crippen LogP contribution in [0.3, 0.4) is 0 Å². The van der Waals surface area contributed by atoms with Gasteiger partial charge in [-0.25, -0.2) is 0 Å². The van der Waals surface area contributed by atoms with Crippen molar-refractivity contribution < 1.29 is 0 Å². The summed E-state index contributed by atoms with van der Waals surface area (Å²) in [6, 6.07) is 0. The summed E-state index contributed by atoms with van der Waals surface area (Å²) in [6.45, 7) is 5.04.